The van der Waals surface area contributed by atoms with Gasteiger partial charge in [-0.25, -0.2) is 0 Å². The van der Waals surface area contributed by atoms with E-state index in [0.29, 0.717) is 0 Å². The summed E-state index contributed by atoms with van der Waals surface area (Å²) in [5.74, 6) is 0. The molecule has 0 saturated carbocycles. The van der Waals surface area contributed by atoms with Gasteiger partial charge in [0.15, 0.2) is 0 Å². The maximum Gasteiger partial charge on any atom is -0.107 e. The second-order valence-electron chi connectivity index (χ2n) is 2.98. The fraction of sp³-hybridized carbons (Fsp3) is 1.00. The Kier molecular flexibility index (Phi) is 120. The molecule has 0 amide bonds. The molecule has 124 valence electrons. The standard InChI is InChI=1S/4C2H5.2CH3.6HI.2Sb/c4*1-2;;;;;;;;;;/h4*1H2,2H3;2*1H3;6*1H;;. The molecule has 0 heterocycles. The molecule has 0 saturated heterocycles. The predicted octanol–water partition coefficient (Wildman–Crippen LogP) is 8.01. The maximum atomic E-state index is 2.46. The molecule has 0 nitrogen and oxygen atoms in total. The Morgan fingerprint density at radius 1 is 0.444 bits per heavy atom. The van der Waals surface area contributed by atoms with Crippen molar-refractivity contribution in [2.24, 2.45) is 0 Å². The second-order valence-corrected chi connectivity index (χ2v) is 20.0. The molecule has 0 aliphatic carbocycles. The first-order valence-electron chi connectivity index (χ1n) is 4.99. The summed E-state index contributed by atoms with van der Waals surface area (Å²) in [4.78, 5) is 4.92. The molecule has 0 aromatic rings. The molecule has 0 atom stereocenters. The fourth-order valence-corrected chi connectivity index (χ4v) is 3.00. The average Bonchev–Trinajstić information content (AvgIpc) is 2.16. The van der Waals surface area contributed by atoms with Crippen LogP contribution >= 0.6 is 144 Å². The van der Waals surface area contributed by atoms with Crippen molar-refractivity contribution in [3.8, 4) is 0 Å². The van der Waals surface area contributed by atoms with E-state index in [0.717, 1.165) is 0 Å². The van der Waals surface area contributed by atoms with Crippen molar-refractivity contribution < 1.29 is 0 Å². The molecule has 0 unspecified atom stereocenters. The summed E-state index contributed by atoms with van der Waals surface area (Å²) in [6, 6.07) is 0. The van der Waals surface area contributed by atoms with Crippen LogP contribution in [0.3, 0.4) is 0 Å². The van der Waals surface area contributed by atoms with Crippen LogP contribution in [0.5, 0.6) is 0 Å². The Hall–Kier alpha value is 6.02. The van der Waals surface area contributed by atoms with Crippen molar-refractivity contribution in [3.63, 3.8) is 0 Å². The molecule has 0 aromatic carbocycles. The van der Waals surface area contributed by atoms with E-state index < -0.39 is 40.4 Å². The van der Waals surface area contributed by atoms with Gasteiger partial charge in [0.2, 0.25) is 0 Å². The Morgan fingerprint density at radius 2 is 0.556 bits per heavy atom. The summed E-state index contributed by atoms with van der Waals surface area (Å²) >= 11 is -1.02. The molecule has 8 heteroatoms. The molecule has 0 aromatic heterocycles. The Bertz CT molecular complexity index is 72.8. The third-order valence-corrected chi connectivity index (χ3v) is 14.5. The van der Waals surface area contributed by atoms with Crippen LogP contribution in [0.1, 0.15) is 27.7 Å². The Morgan fingerprint density at radius 3 is 0.556 bits per heavy atom. The van der Waals surface area contributed by atoms with Crippen molar-refractivity contribution in [2.45, 2.75) is 54.9 Å². The van der Waals surface area contributed by atoms with Gasteiger partial charge in [-0.05, 0) is 0 Å². The third kappa shape index (κ3) is 49.5. The first kappa shape index (κ1) is 49.6. The summed E-state index contributed by atoms with van der Waals surface area (Å²) < 4.78 is 6.05. The van der Waals surface area contributed by atoms with Gasteiger partial charge in [0, 0.05) is 0 Å². The van der Waals surface area contributed by atoms with E-state index in [-0.39, 0.29) is 144 Å². The van der Waals surface area contributed by atoms with Crippen LogP contribution in [0.15, 0.2) is 0 Å². The predicted molar refractivity (Wildman–Crippen MR) is 158 cm³/mol. The van der Waals surface area contributed by atoms with Crippen molar-refractivity contribution in [1.29, 1.82) is 0 Å². The zero-order valence-electron chi connectivity index (χ0n) is 12.2. The molecular weight excluding hydrogens is 1130 g/mol. The topological polar surface area (TPSA) is 0 Å². The number of rotatable bonds is 4. The normalized spacial score (nSPS) is 6.67. The first-order valence-corrected chi connectivity index (χ1v) is 17.3. The zero-order valence-corrected chi connectivity index (χ0v) is 31.3. The molecule has 0 aliphatic heterocycles. The minimum absolute atomic E-state index is 0. The van der Waals surface area contributed by atoms with Crippen LogP contribution in [0, 0.1) is 0 Å². The minimum Gasteiger partial charge on any atom is -0.107 e. The van der Waals surface area contributed by atoms with Crippen molar-refractivity contribution in [2.75, 3.05) is 0 Å². The Labute approximate surface area is 233 Å². The van der Waals surface area contributed by atoms with E-state index in [1.807, 2.05) is 0 Å². The molecule has 0 fully saturated rings. The molecule has 0 spiro atoms. The quantitative estimate of drug-likeness (QED) is 0.198. The zero-order chi connectivity index (χ0) is 9.98. The van der Waals surface area contributed by atoms with Crippen LogP contribution in [0.2, 0.25) is 27.2 Å². The van der Waals surface area contributed by atoms with Crippen LogP contribution in [-0.4, -0.2) is 40.4 Å². The SMILES string of the molecule is C[CH2][Sb]([CH3])[CH2]C.C[CH2][Sb]([CH3])[CH2]C.I.I.I.I.I.I. The summed E-state index contributed by atoms with van der Waals surface area (Å²) in [7, 11) is 0. The van der Waals surface area contributed by atoms with E-state index in [1.54, 1.807) is 0 Å². The van der Waals surface area contributed by atoms with Crippen LogP contribution < -0.4 is 0 Å². The van der Waals surface area contributed by atoms with Gasteiger partial charge in [-0.15, -0.1) is 144 Å². The maximum absolute atomic E-state index is 2.46. The summed E-state index contributed by atoms with van der Waals surface area (Å²) in [5.41, 5.74) is 0. The van der Waals surface area contributed by atoms with Gasteiger partial charge in [0.1, 0.15) is 0 Å². The summed E-state index contributed by atoms with van der Waals surface area (Å²) in [6.45, 7) is 9.25. The van der Waals surface area contributed by atoms with Gasteiger partial charge < -0.3 is 0 Å². The summed E-state index contributed by atoms with van der Waals surface area (Å²) in [5, 5.41) is 0. The van der Waals surface area contributed by atoms with Gasteiger partial charge >= 0.3 is 95.3 Å². The van der Waals surface area contributed by atoms with E-state index in [2.05, 4.69) is 37.4 Å². The van der Waals surface area contributed by atoms with Crippen molar-refractivity contribution in [3.05, 3.63) is 0 Å². The molecule has 0 radical (unpaired) electrons. The van der Waals surface area contributed by atoms with Crippen LogP contribution in [0.4, 0.5) is 0 Å². The average molecular weight is 1160 g/mol. The van der Waals surface area contributed by atoms with Gasteiger partial charge in [-0.1, -0.05) is 0 Å². The smallest absolute Gasteiger partial charge is 0.107 e. The molecule has 0 rings (SSSR count). The van der Waals surface area contributed by atoms with Crippen LogP contribution in [0.25, 0.3) is 0 Å². The second kappa shape index (κ2) is 43.5. The van der Waals surface area contributed by atoms with Crippen molar-refractivity contribution >= 4 is 184 Å². The van der Waals surface area contributed by atoms with Gasteiger partial charge in [-0.2, -0.15) is 0 Å². The van der Waals surface area contributed by atoms with E-state index >= 15 is 0 Å². The fourth-order valence-electron chi connectivity index (χ4n) is 0.447. The molecule has 0 bridgehead atoms. The van der Waals surface area contributed by atoms with E-state index in [9.17, 15) is 0 Å². The molecule has 0 aliphatic rings. The first-order chi connectivity index (χ1) is 5.62. The molecular formula is C10H32I6Sb2. The van der Waals surface area contributed by atoms with E-state index in [4.69, 9.17) is 0 Å². The van der Waals surface area contributed by atoms with E-state index in [1.165, 1.54) is 17.5 Å². The minimum atomic E-state index is -0.511. The number of hydrogen-bond donors (Lipinski definition) is 0. The third-order valence-electron chi connectivity index (χ3n) is 2.16. The number of hydrogen-bond acceptors (Lipinski definition) is 0. The van der Waals surface area contributed by atoms with Crippen LogP contribution in [-0.2, 0) is 0 Å². The molecule has 0 N–H and O–H groups in total. The summed E-state index contributed by atoms with van der Waals surface area (Å²) in [6.07, 6.45) is 0. The number of halogens is 6. The van der Waals surface area contributed by atoms with Gasteiger partial charge in [0.25, 0.3) is 0 Å². The largest absolute Gasteiger partial charge is 0.107 e. The van der Waals surface area contributed by atoms with Gasteiger partial charge in [-0.3, -0.25) is 0 Å². The Balaban J connectivity index is -0.0000000139. The van der Waals surface area contributed by atoms with Crippen molar-refractivity contribution in [1.82, 2.24) is 0 Å². The van der Waals surface area contributed by atoms with Gasteiger partial charge in [0.05, 0.1) is 0 Å². The monoisotopic (exact) mass is 1160 g/mol. The molecule has 18 heavy (non-hydrogen) atoms.